The zero-order valence-corrected chi connectivity index (χ0v) is 10.9. The molecule has 0 saturated carbocycles. The van der Waals surface area contributed by atoms with Gasteiger partial charge in [-0.15, -0.1) is 0 Å². The molecular formula is C16H20O2. The second-order valence-corrected chi connectivity index (χ2v) is 5.01. The molecule has 96 valence electrons. The summed E-state index contributed by atoms with van der Waals surface area (Å²) in [6, 6.07) is 6.73. The molecule has 0 radical (unpaired) electrons. The smallest absolute Gasteiger partial charge is 0.303 e. The predicted octanol–water partition coefficient (Wildman–Crippen LogP) is 3.83. The number of carboxylic acids is 1. The summed E-state index contributed by atoms with van der Waals surface area (Å²) in [5, 5.41) is 8.58. The first-order chi connectivity index (χ1) is 8.66. The Kier molecular flexibility index (Phi) is 4.19. The van der Waals surface area contributed by atoms with E-state index in [1.54, 1.807) is 0 Å². The predicted molar refractivity (Wildman–Crippen MR) is 73.6 cm³/mol. The number of carboxylic acid groups (broad SMARTS) is 1. The second kappa shape index (κ2) is 5.85. The van der Waals surface area contributed by atoms with E-state index in [1.807, 2.05) is 0 Å². The molecule has 2 nitrogen and oxygen atoms in total. The van der Waals surface area contributed by atoms with Gasteiger partial charge in [0.1, 0.15) is 0 Å². The van der Waals surface area contributed by atoms with Gasteiger partial charge >= 0.3 is 5.97 Å². The average molecular weight is 244 g/mol. The topological polar surface area (TPSA) is 37.3 Å². The van der Waals surface area contributed by atoms with Crippen LogP contribution in [-0.4, -0.2) is 11.1 Å². The van der Waals surface area contributed by atoms with Gasteiger partial charge in [-0.05, 0) is 61.3 Å². The van der Waals surface area contributed by atoms with E-state index >= 15 is 0 Å². The Labute approximate surface area is 108 Å². The van der Waals surface area contributed by atoms with Crippen LogP contribution in [0.3, 0.4) is 0 Å². The Morgan fingerprint density at radius 2 is 2.11 bits per heavy atom. The van der Waals surface area contributed by atoms with Crippen molar-refractivity contribution in [2.24, 2.45) is 0 Å². The maximum Gasteiger partial charge on any atom is 0.303 e. The summed E-state index contributed by atoms with van der Waals surface area (Å²) < 4.78 is 0. The zero-order valence-electron chi connectivity index (χ0n) is 10.9. The Morgan fingerprint density at radius 1 is 1.33 bits per heavy atom. The lowest BCUT2D eigenvalue weighted by atomic mass is 10.0. The van der Waals surface area contributed by atoms with E-state index in [-0.39, 0.29) is 6.42 Å². The van der Waals surface area contributed by atoms with Crippen molar-refractivity contribution in [1.29, 1.82) is 0 Å². The van der Waals surface area contributed by atoms with E-state index in [0.717, 1.165) is 12.8 Å². The van der Waals surface area contributed by atoms with E-state index in [9.17, 15) is 4.79 Å². The molecule has 0 heterocycles. The lowest BCUT2D eigenvalue weighted by Gasteiger charge is -2.05. The van der Waals surface area contributed by atoms with Crippen LogP contribution in [0.2, 0.25) is 0 Å². The molecule has 1 aromatic rings. The van der Waals surface area contributed by atoms with Crippen LogP contribution in [0.1, 0.15) is 49.3 Å². The Bertz CT molecular complexity index is 472. The van der Waals surface area contributed by atoms with Crippen molar-refractivity contribution in [1.82, 2.24) is 0 Å². The number of allylic oxidation sites excluding steroid dienone is 2. The quantitative estimate of drug-likeness (QED) is 0.799. The highest BCUT2D eigenvalue weighted by Crippen LogP contribution is 2.26. The van der Waals surface area contributed by atoms with E-state index in [1.165, 1.54) is 41.5 Å². The van der Waals surface area contributed by atoms with Crippen LogP contribution in [0.4, 0.5) is 0 Å². The minimum atomic E-state index is -0.710. The summed E-state index contributed by atoms with van der Waals surface area (Å²) in [6.45, 7) is 2.11. The lowest BCUT2D eigenvalue weighted by molar-refractivity contribution is -0.137. The number of benzene rings is 1. The van der Waals surface area contributed by atoms with Gasteiger partial charge in [-0.25, -0.2) is 0 Å². The molecular weight excluding hydrogens is 224 g/mol. The maximum absolute atomic E-state index is 10.4. The molecule has 18 heavy (non-hydrogen) atoms. The Balaban J connectivity index is 1.98. The average Bonchev–Trinajstić information content (AvgIpc) is 2.81. The van der Waals surface area contributed by atoms with Crippen LogP contribution in [0.15, 0.2) is 24.3 Å². The van der Waals surface area contributed by atoms with Crippen molar-refractivity contribution in [3.05, 3.63) is 41.0 Å². The van der Waals surface area contributed by atoms with Crippen molar-refractivity contribution >= 4 is 11.5 Å². The molecule has 0 aliphatic heterocycles. The van der Waals surface area contributed by atoms with Crippen LogP contribution >= 0.6 is 0 Å². The molecule has 0 amide bonds. The fraction of sp³-hybridized carbons (Fsp3) is 0.438. The van der Waals surface area contributed by atoms with Crippen molar-refractivity contribution in [3.63, 3.8) is 0 Å². The summed E-state index contributed by atoms with van der Waals surface area (Å²) in [5.74, 6) is -0.710. The highest BCUT2D eigenvalue weighted by Gasteiger charge is 2.10. The molecule has 0 saturated heterocycles. The van der Waals surface area contributed by atoms with E-state index in [2.05, 4.69) is 31.2 Å². The standard InChI is InChI=1S/C16H20O2/c1-12(5-2-3-8-16(17)18)14-10-9-13-6-4-7-15(13)11-14/h5,9-11H,2-4,6-8H2,1H3,(H,17,18)/b12-5+. The van der Waals surface area contributed by atoms with Gasteiger partial charge < -0.3 is 5.11 Å². The van der Waals surface area contributed by atoms with Gasteiger partial charge in [-0.3, -0.25) is 4.79 Å². The minimum absolute atomic E-state index is 0.258. The van der Waals surface area contributed by atoms with Gasteiger partial charge in [0.05, 0.1) is 0 Å². The first-order valence-corrected chi connectivity index (χ1v) is 6.67. The third kappa shape index (κ3) is 3.22. The lowest BCUT2D eigenvalue weighted by Crippen LogP contribution is -1.93. The summed E-state index contributed by atoms with van der Waals surface area (Å²) in [5.41, 5.74) is 5.53. The van der Waals surface area contributed by atoms with Crippen molar-refractivity contribution in [2.45, 2.75) is 45.4 Å². The Hall–Kier alpha value is -1.57. The van der Waals surface area contributed by atoms with Gasteiger partial charge in [-0.2, -0.15) is 0 Å². The van der Waals surface area contributed by atoms with Gasteiger partial charge in [0.2, 0.25) is 0 Å². The van der Waals surface area contributed by atoms with Crippen molar-refractivity contribution < 1.29 is 9.90 Å². The second-order valence-electron chi connectivity index (χ2n) is 5.01. The first-order valence-electron chi connectivity index (χ1n) is 6.67. The number of carbonyl (C=O) groups is 1. The number of aliphatic carboxylic acids is 1. The third-order valence-electron chi connectivity index (χ3n) is 3.60. The van der Waals surface area contributed by atoms with Crippen LogP contribution < -0.4 is 0 Å². The first kappa shape index (κ1) is 12.9. The van der Waals surface area contributed by atoms with Crippen LogP contribution in [0.5, 0.6) is 0 Å². The Morgan fingerprint density at radius 3 is 2.89 bits per heavy atom. The molecule has 0 fully saturated rings. The minimum Gasteiger partial charge on any atom is -0.481 e. The monoisotopic (exact) mass is 244 g/mol. The zero-order chi connectivity index (χ0) is 13.0. The molecule has 1 aliphatic carbocycles. The molecule has 1 aliphatic rings. The van der Waals surface area contributed by atoms with Crippen LogP contribution in [-0.2, 0) is 17.6 Å². The number of hydrogen-bond acceptors (Lipinski definition) is 1. The molecule has 0 unspecified atom stereocenters. The summed E-state index contributed by atoms with van der Waals surface area (Å²) >= 11 is 0. The largest absolute Gasteiger partial charge is 0.481 e. The highest BCUT2D eigenvalue weighted by atomic mass is 16.4. The fourth-order valence-electron chi connectivity index (χ4n) is 2.51. The van der Waals surface area contributed by atoms with Crippen LogP contribution in [0, 0.1) is 0 Å². The summed E-state index contributed by atoms with van der Waals surface area (Å²) in [7, 11) is 0. The van der Waals surface area contributed by atoms with E-state index in [0.29, 0.717) is 0 Å². The fourth-order valence-corrected chi connectivity index (χ4v) is 2.51. The highest BCUT2D eigenvalue weighted by molar-refractivity contribution is 5.67. The van der Waals surface area contributed by atoms with Crippen molar-refractivity contribution in [3.8, 4) is 0 Å². The van der Waals surface area contributed by atoms with Gasteiger partial charge in [0.25, 0.3) is 0 Å². The van der Waals surface area contributed by atoms with Gasteiger partial charge in [0, 0.05) is 6.42 Å². The molecule has 2 rings (SSSR count). The summed E-state index contributed by atoms with van der Waals surface area (Å²) in [6.07, 6.45) is 7.67. The van der Waals surface area contributed by atoms with Gasteiger partial charge in [-0.1, -0.05) is 24.3 Å². The molecule has 0 spiro atoms. The molecule has 0 atom stereocenters. The number of hydrogen-bond donors (Lipinski definition) is 1. The molecule has 0 bridgehead atoms. The number of unbranched alkanes of at least 4 members (excludes halogenated alkanes) is 1. The van der Waals surface area contributed by atoms with E-state index < -0.39 is 5.97 Å². The maximum atomic E-state index is 10.4. The molecule has 0 aromatic heterocycles. The summed E-state index contributed by atoms with van der Waals surface area (Å²) in [4.78, 5) is 10.4. The van der Waals surface area contributed by atoms with Gasteiger partial charge in [0.15, 0.2) is 0 Å². The van der Waals surface area contributed by atoms with Crippen molar-refractivity contribution in [2.75, 3.05) is 0 Å². The molecule has 1 N–H and O–H groups in total. The molecule has 2 heteroatoms. The molecule has 1 aromatic carbocycles. The van der Waals surface area contributed by atoms with E-state index in [4.69, 9.17) is 5.11 Å². The van der Waals surface area contributed by atoms with Crippen LogP contribution in [0.25, 0.3) is 5.57 Å². The normalized spacial score (nSPS) is 14.6. The third-order valence-corrected chi connectivity index (χ3v) is 3.60. The SMILES string of the molecule is C/C(=C\CCCC(=O)O)c1ccc2c(c1)CCC2. The number of fused-ring (bicyclic) bond motifs is 1. The number of aryl methyl sites for hydroxylation is 2. The number of rotatable bonds is 5.